The molecule has 4 nitrogen and oxygen atoms in total. The lowest BCUT2D eigenvalue weighted by molar-refractivity contribution is -0.123. The van der Waals surface area contributed by atoms with Gasteiger partial charge in [0.25, 0.3) is 0 Å². The fourth-order valence-corrected chi connectivity index (χ4v) is 9.77. The predicted molar refractivity (Wildman–Crippen MR) is 295 cm³/mol. The molecule has 0 rings (SSSR count). The van der Waals surface area contributed by atoms with Crippen molar-refractivity contribution in [3.05, 3.63) is 24.3 Å². The van der Waals surface area contributed by atoms with Crippen molar-refractivity contribution < 1.29 is 15.0 Å². The zero-order chi connectivity index (χ0) is 47.7. The smallest absolute Gasteiger partial charge is 0.220 e. The normalized spacial score (nSPS) is 12.8. The van der Waals surface area contributed by atoms with E-state index >= 15 is 0 Å². The molecule has 0 aliphatic heterocycles. The van der Waals surface area contributed by atoms with Gasteiger partial charge in [-0.25, -0.2) is 0 Å². The summed E-state index contributed by atoms with van der Waals surface area (Å²) in [4.78, 5) is 12.5. The Bertz CT molecular complexity index is 963. The van der Waals surface area contributed by atoms with Crippen molar-refractivity contribution in [3.63, 3.8) is 0 Å². The van der Waals surface area contributed by atoms with Gasteiger partial charge in [-0.05, 0) is 44.9 Å². The van der Waals surface area contributed by atoms with Gasteiger partial charge in [0, 0.05) is 6.42 Å². The zero-order valence-corrected chi connectivity index (χ0v) is 45.2. The molecule has 0 aromatic carbocycles. The van der Waals surface area contributed by atoms with Crippen LogP contribution in [-0.2, 0) is 4.79 Å². The maximum Gasteiger partial charge on any atom is 0.220 e. The lowest BCUT2D eigenvalue weighted by atomic mass is 10.0. The molecule has 2 unspecified atom stereocenters. The summed E-state index contributed by atoms with van der Waals surface area (Å²) in [5.41, 5.74) is 0. The summed E-state index contributed by atoms with van der Waals surface area (Å²) in [5, 5.41) is 23.2. The lowest BCUT2D eigenvalue weighted by Gasteiger charge is -2.20. The fraction of sp³-hybridized carbons (Fsp3) is 0.919. The fourth-order valence-electron chi connectivity index (χ4n) is 9.77. The van der Waals surface area contributed by atoms with Crippen molar-refractivity contribution in [2.45, 2.75) is 360 Å². The Morgan fingerprint density at radius 1 is 0.348 bits per heavy atom. The maximum atomic E-state index is 12.5. The topological polar surface area (TPSA) is 69.6 Å². The maximum absolute atomic E-state index is 12.5. The van der Waals surface area contributed by atoms with Crippen molar-refractivity contribution >= 4 is 5.91 Å². The average molecular weight is 929 g/mol. The molecule has 0 radical (unpaired) electrons. The van der Waals surface area contributed by atoms with Crippen LogP contribution in [0.25, 0.3) is 0 Å². The van der Waals surface area contributed by atoms with Gasteiger partial charge in [-0.3, -0.25) is 4.79 Å². The molecule has 0 aromatic heterocycles. The summed E-state index contributed by atoms with van der Waals surface area (Å²) in [6.07, 6.45) is 77.9. The van der Waals surface area contributed by atoms with Crippen molar-refractivity contribution in [1.82, 2.24) is 5.32 Å². The molecule has 66 heavy (non-hydrogen) atoms. The monoisotopic (exact) mass is 928 g/mol. The van der Waals surface area contributed by atoms with Gasteiger partial charge >= 0.3 is 0 Å². The van der Waals surface area contributed by atoms with Gasteiger partial charge in [0.2, 0.25) is 5.91 Å². The molecule has 4 heteroatoms. The van der Waals surface area contributed by atoms with Gasteiger partial charge in [0.15, 0.2) is 0 Å². The number of allylic oxidation sites excluding steroid dienone is 3. The third-order valence-electron chi connectivity index (χ3n) is 14.4. The van der Waals surface area contributed by atoms with Gasteiger partial charge < -0.3 is 15.5 Å². The number of hydrogen-bond donors (Lipinski definition) is 3. The molecule has 2 atom stereocenters. The van der Waals surface area contributed by atoms with Crippen LogP contribution in [0.4, 0.5) is 0 Å². The number of amides is 1. The molecule has 0 spiro atoms. The molecular formula is C62H121NO3. The SMILES string of the molecule is CCCCCCCCCC/C=C\CCCCCCCCCCCCCC(=O)NC(CO)C(O)/C=C/CCCCCCCCCCCCCCCCCCCCCCCCCCCCCCC. The summed E-state index contributed by atoms with van der Waals surface area (Å²) in [7, 11) is 0. The quantitative estimate of drug-likeness (QED) is 0.0420. The largest absolute Gasteiger partial charge is 0.394 e. The van der Waals surface area contributed by atoms with Gasteiger partial charge in [-0.2, -0.15) is 0 Å². The highest BCUT2D eigenvalue weighted by Crippen LogP contribution is 2.18. The molecule has 0 aromatic rings. The molecule has 0 bridgehead atoms. The van der Waals surface area contributed by atoms with Crippen LogP contribution >= 0.6 is 0 Å². The Morgan fingerprint density at radius 2 is 0.576 bits per heavy atom. The van der Waals surface area contributed by atoms with E-state index in [0.717, 1.165) is 25.7 Å². The molecule has 0 heterocycles. The van der Waals surface area contributed by atoms with Gasteiger partial charge in [0.1, 0.15) is 0 Å². The van der Waals surface area contributed by atoms with E-state index in [1.165, 1.54) is 302 Å². The van der Waals surface area contributed by atoms with Crippen LogP contribution in [-0.4, -0.2) is 34.9 Å². The summed E-state index contributed by atoms with van der Waals surface area (Å²) in [6, 6.07) is -0.622. The lowest BCUT2D eigenvalue weighted by Crippen LogP contribution is -2.45. The Hall–Kier alpha value is -1.13. The first-order valence-corrected chi connectivity index (χ1v) is 30.6. The molecule has 3 N–H and O–H groups in total. The minimum Gasteiger partial charge on any atom is -0.394 e. The van der Waals surface area contributed by atoms with Gasteiger partial charge in [0.05, 0.1) is 18.8 Å². The van der Waals surface area contributed by atoms with Crippen LogP contribution in [0, 0.1) is 0 Å². The Kier molecular flexibility index (Phi) is 57.2. The molecule has 0 saturated heterocycles. The third kappa shape index (κ3) is 53.8. The average Bonchev–Trinajstić information content (AvgIpc) is 3.32. The van der Waals surface area contributed by atoms with Gasteiger partial charge in [-0.1, -0.05) is 321 Å². The number of aliphatic hydroxyl groups is 2. The standard InChI is InChI=1S/C62H121NO3/c1-3-5-7-9-11-13-15-17-19-21-23-25-27-28-29-30-31-32-33-34-36-37-39-41-43-45-47-49-51-53-55-57-61(65)60(59-64)63-62(66)58-56-54-52-50-48-46-44-42-40-38-35-26-24-22-20-18-16-14-12-10-8-6-4-2/h22,24,55,57,60-61,64-65H,3-21,23,25-54,56,58-59H2,1-2H3,(H,63,66)/b24-22-,57-55+. The first kappa shape index (κ1) is 64.9. The van der Waals surface area contributed by atoms with Crippen molar-refractivity contribution in [2.75, 3.05) is 6.61 Å². The summed E-state index contributed by atoms with van der Waals surface area (Å²) in [5.74, 6) is -0.0589. The first-order valence-electron chi connectivity index (χ1n) is 30.6. The van der Waals surface area contributed by atoms with Crippen molar-refractivity contribution in [3.8, 4) is 0 Å². The van der Waals surface area contributed by atoms with Crippen LogP contribution in [0.5, 0.6) is 0 Å². The third-order valence-corrected chi connectivity index (χ3v) is 14.4. The number of aliphatic hydroxyl groups excluding tert-OH is 2. The van der Waals surface area contributed by atoms with E-state index < -0.39 is 12.1 Å². The zero-order valence-electron chi connectivity index (χ0n) is 45.2. The van der Waals surface area contributed by atoms with Crippen LogP contribution in [0.3, 0.4) is 0 Å². The molecule has 1 amide bonds. The van der Waals surface area contributed by atoms with E-state index in [-0.39, 0.29) is 12.5 Å². The highest BCUT2D eigenvalue weighted by molar-refractivity contribution is 5.76. The number of carbonyl (C=O) groups is 1. The highest BCUT2D eigenvalue weighted by atomic mass is 16.3. The second kappa shape index (κ2) is 58.2. The second-order valence-electron chi connectivity index (χ2n) is 21.1. The van der Waals surface area contributed by atoms with E-state index in [4.69, 9.17) is 0 Å². The van der Waals surface area contributed by atoms with E-state index in [0.29, 0.717) is 6.42 Å². The van der Waals surface area contributed by atoms with Crippen molar-refractivity contribution in [2.24, 2.45) is 0 Å². The molecule has 0 saturated carbocycles. The molecule has 0 aliphatic carbocycles. The Morgan fingerprint density at radius 3 is 0.833 bits per heavy atom. The van der Waals surface area contributed by atoms with Crippen molar-refractivity contribution in [1.29, 1.82) is 0 Å². The second-order valence-corrected chi connectivity index (χ2v) is 21.1. The number of carbonyl (C=O) groups excluding carboxylic acids is 1. The van der Waals surface area contributed by atoms with E-state index in [9.17, 15) is 15.0 Å². The Labute approximate surface area is 415 Å². The van der Waals surface area contributed by atoms with Crippen LogP contribution in [0.2, 0.25) is 0 Å². The molecule has 0 aliphatic rings. The number of nitrogens with one attached hydrogen (secondary N) is 1. The molecular weight excluding hydrogens is 807 g/mol. The predicted octanol–water partition coefficient (Wildman–Crippen LogP) is 20.3. The minimum atomic E-state index is -0.839. The number of hydrogen-bond acceptors (Lipinski definition) is 3. The minimum absolute atomic E-state index is 0.0589. The Balaban J connectivity index is 3.44. The summed E-state index contributed by atoms with van der Waals surface area (Å²) >= 11 is 0. The molecule has 392 valence electrons. The summed E-state index contributed by atoms with van der Waals surface area (Å²) < 4.78 is 0. The first-order chi connectivity index (χ1) is 32.7. The van der Waals surface area contributed by atoms with Crippen LogP contribution in [0.15, 0.2) is 24.3 Å². The van der Waals surface area contributed by atoms with Gasteiger partial charge in [-0.15, -0.1) is 0 Å². The number of rotatable bonds is 57. The van der Waals surface area contributed by atoms with Crippen LogP contribution in [0.1, 0.15) is 348 Å². The van der Waals surface area contributed by atoms with E-state index in [1.807, 2.05) is 6.08 Å². The van der Waals surface area contributed by atoms with E-state index in [1.54, 1.807) is 6.08 Å². The summed E-state index contributed by atoms with van der Waals surface area (Å²) in [6.45, 7) is 4.35. The highest BCUT2D eigenvalue weighted by Gasteiger charge is 2.18. The number of unbranched alkanes of at least 4 members (excludes halogenated alkanes) is 48. The van der Waals surface area contributed by atoms with Crippen LogP contribution < -0.4 is 5.32 Å². The molecule has 0 fully saturated rings. The van der Waals surface area contributed by atoms with E-state index in [2.05, 4.69) is 31.3 Å².